The van der Waals surface area contributed by atoms with Gasteiger partial charge in [-0.05, 0) is 84.7 Å². The number of hydrogen-bond acceptors (Lipinski definition) is 6. The van der Waals surface area contributed by atoms with Crippen molar-refractivity contribution in [2.24, 2.45) is 17.8 Å². The highest BCUT2D eigenvalue weighted by atomic mass is 31.2. The highest BCUT2D eigenvalue weighted by molar-refractivity contribution is 7.67. The summed E-state index contributed by atoms with van der Waals surface area (Å²) in [4.78, 5) is 2.04. The first-order valence-corrected chi connectivity index (χ1v) is 15.9. The van der Waals surface area contributed by atoms with E-state index >= 15 is 4.57 Å². The number of hydrogen-bond donors (Lipinski definition) is 1. The fraction of sp³-hybridized carbons (Fsp3) is 0.455. The van der Waals surface area contributed by atoms with Crippen LogP contribution in [-0.4, -0.2) is 34.4 Å². The van der Waals surface area contributed by atoms with Gasteiger partial charge in [0, 0.05) is 30.8 Å². The minimum Gasteiger partial charge on any atom is -0.493 e. The van der Waals surface area contributed by atoms with Gasteiger partial charge in [-0.3, -0.25) is 4.57 Å². The molecule has 0 radical (unpaired) electrons. The van der Waals surface area contributed by atoms with Crippen LogP contribution in [0.2, 0.25) is 0 Å². The molecule has 40 heavy (non-hydrogen) atoms. The molecule has 0 saturated heterocycles. The smallest absolute Gasteiger partial charge is 0.258 e. The zero-order valence-electron chi connectivity index (χ0n) is 25.0. The van der Waals surface area contributed by atoms with E-state index in [1.807, 2.05) is 91.8 Å². The number of nitrogens with zero attached hydrogens (tertiary/aromatic N) is 1. The first kappa shape index (κ1) is 30.0. The molecule has 3 aromatic carbocycles. The standard InChI is InChI=1S/C33H45N2O4P/c1-23(2)29-19-13-24(3)21-31(29)39-40(36,28-17-15-27(16-18-28)35(4)5)33(34-26-11-9-8-10-12-26)25-14-20-30(37-6)32(22-25)38-7/h8-12,14-18,20,22-24,29,31,33-34H,13,19,21H2,1-7H3/t24-,29+,31+,33-,40-/m0/s1. The van der Waals surface area contributed by atoms with E-state index in [9.17, 15) is 0 Å². The van der Waals surface area contributed by atoms with Crippen molar-refractivity contribution < 1.29 is 18.6 Å². The minimum atomic E-state index is -3.57. The zero-order chi connectivity index (χ0) is 28.9. The van der Waals surface area contributed by atoms with Crippen molar-refractivity contribution in [3.8, 4) is 11.5 Å². The molecule has 216 valence electrons. The summed E-state index contributed by atoms with van der Waals surface area (Å²) in [5.41, 5.74) is 2.72. The van der Waals surface area contributed by atoms with Crippen LogP contribution in [0.3, 0.4) is 0 Å². The molecule has 1 N–H and O–H groups in total. The second kappa shape index (κ2) is 13.1. The lowest BCUT2D eigenvalue weighted by Crippen LogP contribution is -2.35. The zero-order valence-corrected chi connectivity index (χ0v) is 25.9. The Bertz CT molecular complexity index is 1280. The Balaban J connectivity index is 1.89. The quantitative estimate of drug-likeness (QED) is 0.239. The Kier molecular flexibility index (Phi) is 9.86. The molecule has 1 aliphatic rings. The molecule has 0 unspecified atom stereocenters. The van der Waals surface area contributed by atoms with Crippen molar-refractivity contribution in [1.29, 1.82) is 0 Å². The molecular weight excluding hydrogens is 519 g/mol. The van der Waals surface area contributed by atoms with Crippen molar-refractivity contribution in [2.75, 3.05) is 38.5 Å². The molecule has 1 saturated carbocycles. The van der Waals surface area contributed by atoms with Gasteiger partial charge in [0.25, 0.3) is 7.37 Å². The van der Waals surface area contributed by atoms with Crippen LogP contribution >= 0.6 is 7.37 Å². The maximum absolute atomic E-state index is 15.7. The average molecular weight is 565 g/mol. The molecule has 1 aliphatic carbocycles. The van der Waals surface area contributed by atoms with Crippen molar-refractivity contribution in [2.45, 2.75) is 51.9 Å². The molecule has 5 atom stereocenters. The topological polar surface area (TPSA) is 60.0 Å². The molecule has 3 aromatic rings. The van der Waals surface area contributed by atoms with E-state index in [4.69, 9.17) is 14.0 Å². The van der Waals surface area contributed by atoms with E-state index < -0.39 is 13.2 Å². The Morgan fingerprint density at radius 3 is 2.17 bits per heavy atom. The van der Waals surface area contributed by atoms with Crippen molar-refractivity contribution in [1.82, 2.24) is 0 Å². The summed E-state index contributed by atoms with van der Waals surface area (Å²) < 4.78 is 33.9. The van der Waals surface area contributed by atoms with E-state index in [0.717, 1.165) is 29.8 Å². The summed E-state index contributed by atoms with van der Waals surface area (Å²) in [5.74, 6) is 1.85. The number of para-hydroxylation sites is 1. The van der Waals surface area contributed by atoms with Crippen LogP contribution in [0.25, 0.3) is 0 Å². The molecule has 0 bridgehead atoms. The van der Waals surface area contributed by atoms with Gasteiger partial charge in [-0.15, -0.1) is 0 Å². The van der Waals surface area contributed by atoms with Crippen LogP contribution in [0.5, 0.6) is 11.5 Å². The van der Waals surface area contributed by atoms with Crippen LogP contribution in [0.4, 0.5) is 11.4 Å². The number of methoxy groups -OCH3 is 2. The van der Waals surface area contributed by atoms with E-state index in [0.29, 0.717) is 34.6 Å². The highest BCUT2D eigenvalue weighted by Gasteiger charge is 2.43. The summed E-state index contributed by atoms with van der Waals surface area (Å²) in [5, 5.41) is 4.31. The van der Waals surface area contributed by atoms with E-state index in [1.54, 1.807) is 14.2 Å². The number of rotatable bonds is 11. The highest BCUT2D eigenvalue weighted by Crippen LogP contribution is 2.62. The molecule has 0 spiro atoms. The van der Waals surface area contributed by atoms with Gasteiger partial charge in [-0.25, -0.2) is 0 Å². The second-order valence-electron chi connectivity index (χ2n) is 11.5. The summed E-state index contributed by atoms with van der Waals surface area (Å²) >= 11 is 0. The van der Waals surface area contributed by atoms with Crippen molar-refractivity contribution >= 4 is 24.0 Å². The van der Waals surface area contributed by atoms with E-state index in [2.05, 4.69) is 26.1 Å². The molecule has 0 aromatic heterocycles. The maximum atomic E-state index is 15.7. The summed E-state index contributed by atoms with van der Waals surface area (Å²) in [6.45, 7) is 6.78. The normalized spacial score (nSPS) is 21.4. The first-order chi connectivity index (χ1) is 19.2. The Morgan fingerprint density at radius 1 is 0.900 bits per heavy atom. The number of anilines is 2. The second-order valence-corrected chi connectivity index (χ2v) is 13.9. The van der Waals surface area contributed by atoms with Crippen LogP contribution in [0.1, 0.15) is 51.4 Å². The molecular formula is C33H45N2O4P. The molecule has 7 heteroatoms. The third kappa shape index (κ3) is 6.67. The fourth-order valence-corrected chi connectivity index (χ4v) is 8.37. The SMILES string of the molecule is COc1ccc([C@@H](Nc2ccccc2)[P@@](=O)(O[C@@H]2C[C@@H](C)CC[C@@H]2C(C)C)c2ccc(N(C)C)cc2)cc1OC. The number of nitrogens with one attached hydrogen (secondary N) is 1. The van der Waals surface area contributed by atoms with Gasteiger partial charge in [0.1, 0.15) is 5.78 Å². The maximum Gasteiger partial charge on any atom is 0.258 e. The third-order valence-corrected chi connectivity index (χ3v) is 10.8. The minimum absolute atomic E-state index is 0.108. The molecule has 0 heterocycles. The lowest BCUT2D eigenvalue weighted by Gasteiger charge is -2.41. The van der Waals surface area contributed by atoms with Gasteiger partial charge in [-0.2, -0.15) is 0 Å². The van der Waals surface area contributed by atoms with Gasteiger partial charge in [0.15, 0.2) is 11.5 Å². The van der Waals surface area contributed by atoms with E-state index in [-0.39, 0.29) is 6.10 Å². The fourth-order valence-electron chi connectivity index (χ4n) is 5.75. The average Bonchev–Trinajstić information content (AvgIpc) is 2.96. The van der Waals surface area contributed by atoms with Gasteiger partial charge < -0.3 is 24.2 Å². The van der Waals surface area contributed by atoms with Gasteiger partial charge in [-0.1, -0.05) is 51.5 Å². The summed E-state index contributed by atoms with van der Waals surface area (Å²) in [7, 11) is 3.68. The predicted molar refractivity (Wildman–Crippen MR) is 167 cm³/mol. The predicted octanol–water partition coefficient (Wildman–Crippen LogP) is 7.96. The molecule has 6 nitrogen and oxygen atoms in total. The first-order valence-electron chi connectivity index (χ1n) is 14.3. The monoisotopic (exact) mass is 564 g/mol. The lowest BCUT2D eigenvalue weighted by atomic mass is 9.75. The van der Waals surface area contributed by atoms with Crippen LogP contribution in [0, 0.1) is 17.8 Å². The molecule has 4 rings (SSSR count). The molecule has 0 amide bonds. The van der Waals surface area contributed by atoms with Gasteiger partial charge >= 0.3 is 0 Å². The van der Waals surface area contributed by atoms with Gasteiger partial charge in [0.05, 0.1) is 20.3 Å². The van der Waals surface area contributed by atoms with Crippen molar-refractivity contribution in [3.63, 3.8) is 0 Å². The molecule has 0 aliphatic heterocycles. The van der Waals surface area contributed by atoms with Crippen LogP contribution < -0.4 is 25.0 Å². The Hall–Kier alpha value is -2.95. The number of ether oxygens (including phenoxy) is 2. The Labute approximate surface area is 240 Å². The summed E-state index contributed by atoms with van der Waals surface area (Å²) in [6.07, 6.45) is 3.04. The Morgan fingerprint density at radius 2 is 1.57 bits per heavy atom. The van der Waals surface area contributed by atoms with Crippen LogP contribution in [0.15, 0.2) is 72.8 Å². The number of benzene rings is 3. The largest absolute Gasteiger partial charge is 0.493 e. The third-order valence-electron chi connectivity index (χ3n) is 8.12. The van der Waals surface area contributed by atoms with Gasteiger partial charge in [0.2, 0.25) is 0 Å². The van der Waals surface area contributed by atoms with Crippen LogP contribution in [-0.2, 0) is 9.09 Å². The van der Waals surface area contributed by atoms with Crippen molar-refractivity contribution in [3.05, 3.63) is 78.4 Å². The summed E-state index contributed by atoms with van der Waals surface area (Å²) in [6, 6.07) is 23.6. The molecule has 1 fully saturated rings. The lowest BCUT2D eigenvalue weighted by molar-refractivity contribution is 0.0488. The van der Waals surface area contributed by atoms with E-state index in [1.165, 1.54) is 6.42 Å².